The molecule has 0 spiro atoms. The first-order valence-electron chi connectivity index (χ1n) is 18.4. The summed E-state index contributed by atoms with van der Waals surface area (Å²) in [6.45, 7) is 19.1. The highest BCUT2D eigenvalue weighted by Gasteiger charge is 2.62. The number of Topliss-reactive ketones (excluding diaryl/α,β-unsaturated/α-hetero) is 1. The monoisotopic (exact) mass is 733 g/mol. The molecular formula is C42H55NO10. The Bertz CT molecular complexity index is 1620. The second-order valence-electron chi connectivity index (χ2n) is 15.4. The third-order valence-electron chi connectivity index (χ3n) is 9.94. The van der Waals surface area contributed by atoms with Crippen LogP contribution in [0.3, 0.4) is 0 Å². The number of carbonyl (C=O) groups is 4. The molecule has 1 aromatic heterocycles. The molecule has 11 nitrogen and oxygen atoms in total. The lowest BCUT2D eigenvalue weighted by Crippen LogP contribution is -2.58. The zero-order valence-electron chi connectivity index (χ0n) is 32.2. The fourth-order valence-electron chi connectivity index (χ4n) is 7.33. The van der Waals surface area contributed by atoms with Crippen LogP contribution < -0.4 is 0 Å². The van der Waals surface area contributed by atoms with E-state index in [4.69, 9.17) is 23.7 Å². The van der Waals surface area contributed by atoms with E-state index in [0.29, 0.717) is 13.0 Å². The number of hydrogen-bond acceptors (Lipinski definition) is 11. The number of aromatic nitrogens is 1. The minimum atomic E-state index is -2.00. The Morgan fingerprint density at radius 3 is 2.21 bits per heavy atom. The smallest absolute Gasteiger partial charge is 0.340 e. The van der Waals surface area contributed by atoms with Crippen LogP contribution in [0, 0.1) is 29.1 Å². The zero-order chi connectivity index (χ0) is 39.1. The molecule has 2 aliphatic rings. The van der Waals surface area contributed by atoms with Gasteiger partial charge in [-0.15, -0.1) is 0 Å². The van der Waals surface area contributed by atoms with Crippen molar-refractivity contribution in [3.63, 3.8) is 0 Å². The molecule has 11 heteroatoms. The summed E-state index contributed by atoms with van der Waals surface area (Å²) >= 11 is 0. The van der Waals surface area contributed by atoms with Gasteiger partial charge in [0.25, 0.3) is 0 Å². The van der Waals surface area contributed by atoms with Crippen molar-refractivity contribution in [1.29, 1.82) is 0 Å². The number of pyridine rings is 1. The number of carbonyl (C=O) groups excluding carboxylic acids is 4. The Kier molecular flexibility index (Phi) is 13.9. The molecule has 4 rings (SSSR count). The highest BCUT2D eigenvalue weighted by Crippen LogP contribution is 2.49. The Morgan fingerprint density at radius 2 is 1.60 bits per heavy atom. The number of fused-ring (bicyclic) bond motifs is 1. The topological polar surface area (TPSA) is 148 Å². The maximum absolute atomic E-state index is 14.5. The van der Waals surface area contributed by atoms with Crippen molar-refractivity contribution in [1.82, 2.24) is 4.98 Å². The summed E-state index contributed by atoms with van der Waals surface area (Å²) in [5, 5.41) is 12.6. The van der Waals surface area contributed by atoms with Gasteiger partial charge in [-0.3, -0.25) is 14.6 Å². The zero-order valence-corrected chi connectivity index (χ0v) is 32.2. The second kappa shape index (κ2) is 17.8. The average Bonchev–Trinajstić information content (AvgIpc) is 3.38. The number of esters is 3. The van der Waals surface area contributed by atoms with E-state index in [1.165, 1.54) is 19.3 Å². The Balaban J connectivity index is 2.03. The van der Waals surface area contributed by atoms with Crippen LogP contribution in [0.4, 0.5) is 0 Å². The molecule has 1 N–H and O–H groups in total. The molecule has 2 aliphatic carbocycles. The highest BCUT2D eigenvalue weighted by atomic mass is 16.6. The summed E-state index contributed by atoms with van der Waals surface area (Å²) in [6, 6.07) is 11.5. The van der Waals surface area contributed by atoms with Gasteiger partial charge in [0.2, 0.25) is 0 Å². The van der Waals surface area contributed by atoms with Crippen LogP contribution in [0.15, 0.2) is 79.2 Å². The Hall–Kier alpha value is -4.19. The molecule has 3 unspecified atom stereocenters. The van der Waals surface area contributed by atoms with Gasteiger partial charge in [0.15, 0.2) is 18.0 Å². The van der Waals surface area contributed by atoms with Crippen LogP contribution in [-0.2, 0) is 33.3 Å². The van der Waals surface area contributed by atoms with Crippen molar-refractivity contribution >= 4 is 23.7 Å². The van der Waals surface area contributed by atoms with Crippen molar-refractivity contribution < 1.29 is 48.0 Å². The first kappa shape index (κ1) is 41.6. The average molecular weight is 734 g/mol. The maximum Gasteiger partial charge on any atom is 0.340 e. The van der Waals surface area contributed by atoms with E-state index < -0.39 is 77.1 Å². The normalized spacial score (nSPS) is 30.8. The van der Waals surface area contributed by atoms with E-state index in [1.54, 1.807) is 75.4 Å². The fourth-order valence-corrected chi connectivity index (χ4v) is 7.33. The fraction of sp³-hybridized carbons (Fsp3) is 0.548. The van der Waals surface area contributed by atoms with Crippen molar-refractivity contribution in [3.8, 4) is 0 Å². The third kappa shape index (κ3) is 9.68. The number of ketones is 1. The molecule has 53 heavy (non-hydrogen) atoms. The molecule has 0 bridgehead atoms. The molecule has 0 aliphatic heterocycles. The number of rotatable bonds is 11. The summed E-state index contributed by atoms with van der Waals surface area (Å²) in [5.41, 5.74) is -2.63. The van der Waals surface area contributed by atoms with E-state index in [1.807, 2.05) is 27.7 Å². The predicted molar refractivity (Wildman–Crippen MR) is 198 cm³/mol. The highest BCUT2D eigenvalue weighted by molar-refractivity contribution is 5.92. The summed E-state index contributed by atoms with van der Waals surface area (Å²) in [6.07, 6.45) is 0.984. The van der Waals surface area contributed by atoms with E-state index in [9.17, 15) is 24.3 Å². The third-order valence-corrected chi connectivity index (χ3v) is 9.94. The van der Waals surface area contributed by atoms with Crippen LogP contribution in [-0.4, -0.2) is 83.1 Å². The number of ether oxygens (including phenoxy) is 5. The molecule has 288 valence electrons. The molecule has 1 aromatic carbocycles. The van der Waals surface area contributed by atoms with Gasteiger partial charge >= 0.3 is 17.9 Å². The van der Waals surface area contributed by atoms with Gasteiger partial charge in [-0.25, -0.2) is 9.59 Å². The SMILES string of the molecule is C=C1C(OC(C)=O)[C@H]2[C@@H](OCCC)C(C)C[C@]2(O)C(=O)[C@H](C)/C=C\C(C)(C)C(OC(=O)c2cccnc2)[C@H](OC(=O)c2ccccc2)[C@H]1OCC(C)C. The van der Waals surface area contributed by atoms with Gasteiger partial charge in [0.1, 0.15) is 17.8 Å². The van der Waals surface area contributed by atoms with Gasteiger partial charge in [-0.1, -0.05) is 85.4 Å². The standard InChI is InChI=1S/C42H55NO10/c1-10-21-49-33-27(5)22-42(48)32(33)34(51-29(7)44)28(6)35(50-24-25(2)3)36(52-39(46)30-15-12-11-13-16-30)38(41(8,9)19-18-26(4)37(42)45)53-40(47)31-17-14-20-43-23-31/h11-20,23,25-27,32-36,38,48H,6,10,21-22,24H2,1-5,7-9H3/b19-18-/t26-,27?,32-,33+,34?,35+,36-,38?,42-/m1/s1. The van der Waals surface area contributed by atoms with Crippen molar-refractivity contribution in [2.45, 2.75) is 104 Å². The lowest BCUT2D eigenvalue weighted by molar-refractivity contribution is -0.170. The van der Waals surface area contributed by atoms with Crippen LogP contribution in [0.5, 0.6) is 0 Å². The maximum atomic E-state index is 14.5. The molecule has 0 radical (unpaired) electrons. The lowest BCUT2D eigenvalue weighted by Gasteiger charge is -2.44. The first-order chi connectivity index (χ1) is 25.0. The summed E-state index contributed by atoms with van der Waals surface area (Å²) in [7, 11) is 0. The van der Waals surface area contributed by atoms with E-state index in [2.05, 4.69) is 11.6 Å². The van der Waals surface area contributed by atoms with Crippen molar-refractivity contribution in [3.05, 3.63) is 90.3 Å². The number of aliphatic hydroxyl groups is 1. The lowest BCUT2D eigenvalue weighted by atomic mass is 9.72. The summed E-state index contributed by atoms with van der Waals surface area (Å²) in [4.78, 5) is 59.4. The Morgan fingerprint density at radius 1 is 0.943 bits per heavy atom. The predicted octanol–water partition coefficient (Wildman–Crippen LogP) is 6.35. The van der Waals surface area contributed by atoms with Gasteiger partial charge in [-0.05, 0) is 54.5 Å². The largest absolute Gasteiger partial charge is 0.457 e. The minimum Gasteiger partial charge on any atom is -0.457 e. The molecule has 0 saturated heterocycles. The first-order valence-corrected chi connectivity index (χ1v) is 18.4. The molecule has 1 fully saturated rings. The number of allylic oxidation sites excluding steroid dienone is 1. The molecule has 2 aromatic rings. The molecule has 9 atom stereocenters. The van der Waals surface area contributed by atoms with Crippen LogP contribution in [0.2, 0.25) is 0 Å². The van der Waals surface area contributed by atoms with Crippen molar-refractivity contribution in [2.75, 3.05) is 13.2 Å². The van der Waals surface area contributed by atoms with Gasteiger partial charge in [0.05, 0.1) is 23.1 Å². The molecule has 1 heterocycles. The molecule has 0 amide bonds. The number of nitrogens with zero attached hydrogens (tertiary/aromatic N) is 1. The summed E-state index contributed by atoms with van der Waals surface area (Å²) < 4.78 is 31.7. The van der Waals surface area contributed by atoms with Crippen LogP contribution in [0.1, 0.15) is 88.9 Å². The van der Waals surface area contributed by atoms with E-state index in [-0.39, 0.29) is 41.6 Å². The quantitative estimate of drug-likeness (QED) is 0.157. The van der Waals surface area contributed by atoms with E-state index in [0.717, 1.165) is 0 Å². The molecule has 1 saturated carbocycles. The number of hydrogen-bond donors (Lipinski definition) is 1. The van der Waals surface area contributed by atoms with Gasteiger partial charge < -0.3 is 28.8 Å². The van der Waals surface area contributed by atoms with E-state index >= 15 is 0 Å². The Labute approximate surface area is 313 Å². The summed E-state index contributed by atoms with van der Waals surface area (Å²) in [5.74, 6) is -4.93. The van der Waals surface area contributed by atoms with Gasteiger partial charge in [-0.2, -0.15) is 0 Å². The van der Waals surface area contributed by atoms with Gasteiger partial charge in [0, 0.05) is 43.9 Å². The second-order valence-corrected chi connectivity index (χ2v) is 15.4. The number of benzene rings is 1. The van der Waals surface area contributed by atoms with Crippen molar-refractivity contribution in [2.24, 2.45) is 29.1 Å². The molecular weight excluding hydrogens is 678 g/mol. The van der Waals surface area contributed by atoms with Crippen LogP contribution >= 0.6 is 0 Å². The van der Waals surface area contributed by atoms with Crippen LogP contribution in [0.25, 0.3) is 0 Å². The minimum absolute atomic E-state index is 0.0300.